The molecule has 8 heteroatoms. The Hall–Kier alpha value is -2.79. The van der Waals surface area contributed by atoms with E-state index in [0.717, 1.165) is 18.8 Å². The molecule has 0 fully saturated rings. The Morgan fingerprint density at radius 1 is 1.36 bits per heavy atom. The van der Waals surface area contributed by atoms with Crippen molar-refractivity contribution in [2.75, 3.05) is 24.5 Å². The highest BCUT2D eigenvalue weighted by molar-refractivity contribution is 7.10. The van der Waals surface area contributed by atoms with Crippen molar-refractivity contribution >= 4 is 33.8 Å². The second kappa shape index (κ2) is 8.89. The van der Waals surface area contributed by atoms with E-state index in [-0.39, 0.29) is 5.91 Å². The van der Waals surface area contributed by atoms with Crippen LogP contribution in [0, 0.1) is 18.3 Å². The summed E-state index contributed by atoms with van der Waals surface area (Å²) < 4.78 is 4.12. The number of anilines is 1. The summed E-state index contributed by atoms with van der Waals surface area (Å²) in [5, 5.41) is 20.7. The Bertz CT molecular complexity index is 790. The minimum atomic E-state index is -0.0261. The number of likely N-dealkylation sites (N-methyl/N-ethyl adjacent to an activating group) is 1. The van der Waals surface area contributed by atoms with Gasteiger partial charge in [-0.25, -0.2) is 0 Å². The Kier molecular flexibility index (Phi) is 6.60. The molecule has 0 unspecified atom stereocenters. The fraction of sp³-hybridized carbons (Fsp3) is 0.353. The highest BCUT2D eigenvalue weighted by Crippen LogP contribution is 2.29. The Balaban J connectivity index is 2.04. The molecular formula is C17H20N6OS. The number of hydrogen-bond acceptors (Lipinski definition) is 7. The molecule has 0 saturated carbocycles. The largest absolute Gasteiger partial charge is 0.370 e. The number of rotatable bonds is 7. The fourth-order valence-electron chi connectivity index (χ4n) is 2.22. The standard InChI is InChI=1S/C17H20N6OS/c1-4-23(10-9-19-13(3)24)15-7-5-14(6-8-15)20-21-17-16(11-18)12(2)22-25-17/h5-8H,4,9-10H2,1-3H3,(H,19,24). The van der Waals surface area contributed by atoms with Crippen LogP contribution in [0.4, 0.5) is 16.4 Å². The van der Waals surface area contributed by atoms with Gasteiger partial charge < -0.3 is 10.2 Å². The second-order valence-corrected chi connectivity index (χ2v) is 6.09. The summed E-state index contributed by atoms with van der Waals surface area (Å²) in [7, 11) is 0. The molecule has 2 aromatic rings. The van der Waals surface area contributed by atoms with Gasteiger partial charge >= 0.3 is 0 Å². The van der Waals surface area contributed by atoms with Gasteiger partial charge in [0, 0.05) is 32.2 Å². The summed E-state index contributed by atoms with van der Waals surface area (Å²) in [6, 6.07) is 9.78. The molecule has 2 rings (SSSR count). The van der Waals surface area contributed by atoms with Crippen molar-refractivity contribution in [2.24, 2.45) is 10.2 Å². The van der Waals surface area contributed by atoms with Crippen molar-refractivity contribution in [3.63, 3.8) is 0 Å². The van der Waals surface area contributed by atoms with Crippen molar-refractivity contribution < 1.29 is 4.79 Å². The van der Waals surface area contributed by atoms with Gasteiger partial charge in [-0.1, -0.05) is 0 Å². The van der Waals surface area contributed by atoms with Gasteiger partial charge in [-0.05, 0) is 49.6 Å². The Morgan fingerprint density at radius 3 is 2.68 bits per heavy atom. The molecule has 25 heavy (non-hydrogen) atoms. The maximum absolute atomic E-state index is 11.0. The third-order valence-electron chi connectivity index (χ3n) is 3.57. The number of hydrogen-bond donors (Lipinski definition) is 1. The van der Waals surface area contributed by atoms with Crippen molar-refractivity contribution in [3.8, 4) is 6.07 Å². The summed E-state index contributed by atoms with van der Waals surface area (Å²) in [5.41, 5.74) is 2.91. The summed E-state index contributed by atoms with van der Waals surface area (Å²) in [6.45, 7) is 7.54. The third kappa shape index (κ3) is 5.09. The van der Waals surface area contributed by atoms with Crippen LogP contribution in [-0.2, 0) is 4.79 Å². The van der Waals surface area contributed by atoms with E-state index in [4.69, 9.17) is 5.26 Å². The van der Waals surface area contributed by atoms with Gasteiger partial charge in [-0.3, -0.25) is 4.79 Å². The summed E-state index contributed by atoms with van der Waals surface area (Å²) >= 11 is 1.17. The average Bonchev–Trinajstić information content (AvgIpc) is 2.97. The first-order valence-electron chi connectivity index (χ1n) is 7.92. The topological polar surface area (TPSA) is 93.7 Å². The maximum atomic E-state index is 11.0. The Labute approximate surface area is 151 Å². The van der Waals surface area contributed by atoms with Crippen LogP contribution in [0.25, 0.3) is 0 Å². The highest BCUT2D eigenvalue weighted by atomic mass is 32.1. The molecule has 0 radical (unpaired) electrons. The molecule has 1 amide bonds. The molecule has 0 aliphatic carbocycles. The molecule has 0 saturated heterocycles. The number of nitriles is 1. The number of nitrogens with one attached hydrogen (secondary N) is 1. The van der Waals surface area contributed by atoms with E-state index in [1.807, 2.05) is 24.3 Å². The zero-order chi connectivity index (χ0) is 18.2. The molecule has 1 aromatic heterocycles. The van der Waals surface area contributed by atoms with Crippen molar-refractivity contribution in [1.82, 2.24) is 9.69 Å². The molecule has 0 spiro atoms. The van der Waals surface area contributed by atoms with E-state index in [1.54, 1.807) is 6.92 Å². The predicted octanol–water partition coefficient (Wildman–Crippen LogP) is 3.70. The van der Waals surface area contributed by atoms with E-state index < -0.39 is 0 Å². The minimum Gasteiger partial charge on any atom is -0.370 e. The van der Waals surface area contributed by atoms with Gasteiger partial charge in [-0.2, -0.15) is 9.64 Å². The molecule has 0 atom stereocenters. The summed E-state index contributed by atoms with van der Waals surface area (Å²) in [6.07, 6.45) is 0. The van der Waals surface area contributed by atoms with Gasteiger partial charge in [0.05, 0.1) is 11.4 Å². The average molecular weight is 356 g/mol. The molecular weight excluding hydrogens is 336 g/mol. The summed E-state index contributed by atoms with van der Waals surface area (Å²) in [5.74, 6) is -0.0261. The van der Waals surface area contributed by atoms with Crippen LogP contribution in [0.15, 0.2) is 34.5 Å². The molecule has 7 nitrogen and oxygen atoms in total. The molecule has 0 bridgehead atoms. The van der Waals surface area contributed by atoms with E-state index in [9.17, 15) is 4.79 Å². The monoisotopic (exact) mass is 356 g/mol. The third-order valence-corrected chi connectivity index (χ3v) is 4.39. The van der Waals surface area contributed by atoms with Crippen LogP contribution in [-0.4, -0.2) is 29.9 Å². The number of aryl methyl sites for hydroxylation is 1. The smallest absolute Gasteiger partial charge is 0.216 e. The number of aromatic nitrogens is 1. The molecule has 1 heterocycles. The van der Waals surface area contributed by atoms with Crippen LogP contribution < -0.4 is 10.2 Å². The summed E-state index contributed by atoms with van der Waals surface area (Å²) in [4.78, 5) is 13.1. The number of azo groups is 1. The quantitative estimate of drug-likeness (QED) is 0.765. The first kappa shape index (κ1) is 18.5. The van der Waals surface area contributed by atoms with Crippen LogP contribution in [0.2, 0.25) is 0 Å². The first-order valence-corrected chi connectivity index (χ1v) is 8.70. The van der Waals surface area contributed by atoms with Gasteiger partial charge in [0.15, 0.2) is 5.00 Å². The second-order valence-electron chi connectivity index (χ2n) is 5.34. The van der Waals surface area contributed by atoms with Crippen LogP contribution in [0.5, 0.6) is 0 Å². The number of amides is 1. The van der Waals surface area contributed by atoms with Crippen molar-refractivity contribution in [3.05, 3.63) is 35.5 Å². The van der Waals surface area contributed by atoms with Gasteiger partial charge in [0.1, 0.15) is 11.6 Å². The normalized spacial score (nSPS) is 10.6. The molecule has 130 valence electrons. The zero-order valence-electron chi connectivity index (χ0n) is 14.5. The van der Waals surface area contributed by atoms with Crippen LogP contribution in [0.1, 0.15) is 25.1 Å². The molecule has 1 aromatic carbocycles. The lowest BCUT2D eigenvalue weighted by atomic mass is 10.2. The molecule has 1 N–H and O–H groups in total. The van der Waals surface area contributed by atoms with E-state index in [2.05, 4.69) is 37.8 Å². The van der Waals surface area contributed by atoms with Crippen molar-refractivity contribution in [1.29, 1.82) is 5.26 Å². The first-order chi connectivity index (χ1) is 12.0. The molecule has 0 aliphatic rings. The number of carbonyl (C=O) groups is 1. The number of carbonyl (C=O) groups excluding carboxylic acids is 1. The van der Waals surface area contributed by atoms with E-state index >= 15 is 0 Å². The fourth-order valence-corrected chi connectivity index (χ4v) is 2.90. The lowest BCUT2D eigenvalue weighted by Crippen LogP contribution is -2.33. The predicted molar refractivity (Wildman–Crippen MR) is 98.8 cm³/mol. The van der Waals surface area contributed by atoms with Gasteiger partial charge in [0.2, 0.25) is 5.91 Å². The van der Waals surface area contributed by atoms with Crippen LogP contribution >= 0.6 is 11.5 Å². The lowest BCUT2D eigenvalue weighted by Gasteiger charge is -2.23. The maximum Gasteiger partial charge on any atom is 0.216 e. The highest BCUT2D eigenvalue weighted by Gasteiger charge is 2.09. The SMILES string of the molecule is CCN(CCNC(C)=O)c1ccc(N=Nc2snc(C)c2C#N)cc1. The number of benzene rings is 1. The zero-order valence-corrected chi connectivity index (χ0v) is 15.3. The van der Waals surface area contributed by atoms with E-state index in [0.29, 0.717) is 28.5 Å². The van der Waals surface area contributed by atoms with Gasteiger partial charge in [-0.15, -0.1) is 10.2 Å². The molecule has 0 aliphatic heterocycles. The lowest BCUT2D eigenvalue weighted by molar-refractivity contribution is -0.118. The van der Waals surface area contributed by atoms with E-state index in [1.165, 1.54) is 18.5 Å². The number of nitrogens with zero attached hydrogens (tertiary/aromatic N) is 5. The Morgan fingerprint density at radius 2 is 2.08 bits per heavy atom. The van der Waals surface area contributed by atoms with Crippen LogP contribution in [0.3, 0.4) is 0 Å². The minimum absolute atomic E-state index is 0.0261. The van der Waals surface area contributed by atoms with Gasteiger partial charge in [0.25, 0.3) is 0 Å². The van der Waals surface area contributed by atoms with Crippen molar-refractivity contribution in [2.45, 2.75) is 20.8 Å².